The summed E-state index contributed by atoms with van der Waals surface area (Å²) in [6.07, 6.45) is 4.85. The molecular formula is C99H151N33O15S. The summed E-state index contributed by atoms with van der Waals surface area (Å²) in [4.78, 5) is 199. The average molecular weight is 2080 g/mol. The number of nitrogens with one attached hydrogen (secondary N) is 20. The van der Waals surface area contributed by atoms with Gasteiger partial charge in [-0.3, -0.25) is 95.4 Å². The number of thiophene rings is 1. The van der Waals surface area contributed by atoms with Crippen LogP contribution in [0.1, 0.15) is 240 Å². The van der Waals surface area contributed by atoms with Gasteiger partial charge >= 0.3 is 5.97 Å². The van der Waals surface area contributed by atoms with Crippen molar-refractivity contribution in [1.82, 2.24) is 79.1 Å². The van der Waals surface area contributed by atoms with Gasteiger partial charge in [-0.2, -0.15) is 0 Å². The molecule has 7 amide bonds. The number of nitrogens with zero attached hydrogens (tertiary/aromatic N) is 4. The van der Waals surface area contributed by atoms with E-state index >= 15 is 19.2 Å². The van der Waals surface area contributed by atoms with Crippen molar-refractivity contribution in [3.05, 3.63) is 112 Å². The Balaban J connectivity index is 1.000. The summed E-state index contributed by atoms with van der Waals surface area (Å²) < 4.78 is 12.9. The summed E-state index contributed by atoms with van der Waals surface area (Å²) in [7, 11) is 7.60. The van der Waals surface area contributed by atoms with E-state index < -0.39 is 143 Å². The first kappa shape index (κ1) is 120. The average Bonchev–Trinajstić information content (AvgIpc) is 1.52. The molecule has 0 saturated heterocycles. The fourth-order valence-electron chi connectivity index (χ4n) is 17.5. The van der Waals surface area contributed by atoms with Crippen LogP contribution in [0.3, 0.4) is 0 Å². The number of carbonyl (C=O) groups excluding carboxylic acids is 13. The molecule has 38 N–H and O–H groups in total. The van der Waals surface area contributed by atoms with Crippen LogP contribution in [0.2, 0.25) is 0 Å². The molecule has 0 aliphatic carbocycles. The number of unbranched alkanes of at least 4 members (excludes halogenated alkanes) is 5. The Morgan fingerprint density at radius 2 is 0.736 bits per heavy atom. The number of nitrogen functional groups attached to an aromatic ring is 1. The van der Waals surface area contributed by atoms with E-state index in [1.807, 2.05) is 74.4 Å². The largest absolute Gasteiger partial charge is 0.456 e. The van der Waals surface area contributed by atoms with Gasteiger partial charge in [0.2, 0.25) is 35.5 Å². The third-order valence-electron chi connectivity index (χ3n) is 25.4. The van der Waals surface area contributed by atoms with Crippen LogP contribution in [0.4, 0.5) is 17.3 Å². The van der Waals surface area contributed by atoms with E-state index in [0.29, 0.717) is 110 Å². The number of esters is 1. The summed E-state index contributed by atoms with van der Waals surface area (Å²) in [5, 5.41) is 90.4. The number of fused-ring (bicyclic) bond motifs is 6. The number of anilines is 3. The van der Waals surface area contributed by atoms with Crippen LogP contribution in [-0.2, 0) is 58.3 Å². The number of primary amides is 1. The maximum absolute atomic E-state index is 15.2. The van der Waals surface area contributed by atoms with E-state index in [1.54, 1.807) is 30.3 Å². The highest BCUT2D eigenvalue weighted by Crippen LogP contribution is 2.57. The van der Waals surface area contributed by atoms with Crippen LogP contribution in [0, 0.1) is 67.5 Å². The van der Waals surface area contributed by atoms with E-state index in [4.69, 9.17) is 98.9 Å². The van der Waals surface area contributed by atoms with Crippen LogP contribution in [0.15, 0.2) is 79.0 Å². The maximum atomic E-state index is 15.2. The standard InChI is InChI=1S/C99H151N33O15S/c1-131(2)64-31-34-70-79(56-64)146-80-57-65(132(3)4)32-35-71(80)99(70)69-33-30-63(52-68(69)90(145)147-99)85(140)117-41-12-9-20-58(83(100)138)53-76(135)72(27-17-46-123-95(109)110)128-87(142)61(23-15-44-121-93(105)106)55-78(137)74(29-19-48-125-97(113)114)129-88(143)62(24-16-45-122-94(107)108)54-77(136)73(28-18-47-124-96(111)112)127-86(141)60(22-14-43-120-92(103)104)51-67(134)26-7-5-10-39-116-84(139)59(21-13-42-119-91(101)102)50-66(133)25-8-6-11-40-118-89(144)82-37-36-81(148-82)75-38-49-126-98(115)130-75/h30-38,49,52,56-62,72-74H,5-29,39-48,50-51,53-55H2,1-4H3,(H2,100,138)(H,116,139)(H,117,140)(H,118,144)(H,127,141)(H,128,142)(H,129,143)(H4,101,102,119)(H4,103,104,120)(H4,105,106,121)(H4,107,108,122)(H4,109,110,123)(H4,111,112,124)(H4,113,114,125)(H2,115,126,130)/t58-,59-,60-,61-,62-,72+,73+,74+/m0/s1. The minimum Gasteiger partial charge on any atom is -0.456 e. The number of amides is 7. The molecule has 2 aliphatic rings. The fraction of sp³-hybridized carbons (Fsp3) is 0.535. The molecule has 5 aromatic rings. The number of guanidine groups is 7. The Bertz CT molecular complexity index is 5400. The van der Waals surface area contributed by atoms with Crippen LogP contribution in [0.5, 0.6) is 11.5 Å². The lowest BCUT2D eigenvalue weighted by molar-refractivity contribution is -0.136. The lowest BCUT2D eigenvalue weighted by Crippen LogP contribution is -2.49. The zero-order valence-electron chi connectivity index (χ0n) is 84.9. The van der Waals surface area contributed by atoms with Gasteiger partial charge in [0.05, 0.1) is 39.1 Å². The summed E-state index contributed by atoms with van der Waals surface area (Å²) in [6, 6.07) is 17.2. The molecule has 0 fully saturated rings. The summed E-state index contributed by atoms with van der Waals surface area (Å²) in [5.74, 6) is -14.0. The predicted molar refractivity (Wildman–Crippen MR) is 566 cm³/mol. The topological polar surface area (TPSA) is 830 Å². The molecule has 7 rings (SSSR count). The first-order valence-electron chi connectivity index (χ1n) is 50.1. The van der Waals surface area contributed by atoms with Crippen LogP contribution >= 0.6 is 11.3 Å². The number of carbonyl (C=O) groups is 13. The van der Waals surface area contributed by atoms with E-state index in [-0.39, 0.29) is 232 Å². The number of hydrogen-bond acceptors (Lipinski definition) is 28. The van der Waals surface area contributed by atoms with E-state index in [0.717, 1.165) is 16.3 Å². The summed E-state index contributed by atoms with van der Waals surface area (Å²) in [6.45, 7) is 1.39. The Labute approximate surface area is 865 Å². The second-order valence-corrected chi connectivity index (χ2v) is 38.5. The molecule has 4 heterocycles. The van der Waals surface area contributed by atoms with Crippen molar-refractivity contribution >= 4 is 147 Å². The number of benzene rings is 3. The van der Waals surface area contributed by atoms with Crippen molar-refractivity contribution in [1.29, 1.82) is 37.9 Å². The van der Waals surface area contributed by atoms with Crippen molar-refractivity contribution in [2.45, 2.75) is 216 Å². The Morgan fingerprint density at radius 1 is 0.378 bits per heavy atom. The summed E-state index contributed by atoms with van der Waals surface area (Å²) >= 11 is 1.27. The van der Waals surface area contributed by atoms with Crippen molar-refractivity contribution in [3.8, 4) is 22.1 Å². The molecule has 8 atom stereocenters. The Morgan fingerprint density at radius 3 is 1.14 bits per heavy atom. The number of hydrogen-bond donors (Lipinski definition) is 29. The SMILES string of the molecule is CN(C)c1ccc2c(c1)Oc1cc(N(C)C)ccc1C21OC(=O)c2cc(C(=O)NCCCC[C@@H](CC(=O)[C@@H](CCCNC(=N)N)NC(=O)[C@@H](CCCNC(=N)N)CC(=O)[C@@H](CCCNC(=N)N)NC(=O)[C@@H](CCCNC(=N)N)CC(=O)[C@@H](CCCNC(=N)N)NC(=O)[C@@H](CCCNC(=N)N)CC(=O)CCCCCNC(=O)[C@@H](CCCNC(=N)N)CC(=O)CCCCCNC(=O)c3ccc(-c4ccnc(N)n4)s3)C(N)=O)ccc21. The highest BCUT2D eigenvalue weighted by atomic mass is 32.1. The van der Waals surface area contributed by atoms with Crippen molar-refractivity contribution in [2.75, 3.05) is 109 Å². The van der Waals surface area contributed by atoms with Gasteiger partial charge in [0.15, 0.2) is 64.7 Å². The Hall–Kier alpha value is -15.4. The lowest BCUT2D eigenvalue weighted by atomic mass is 9.77. The van der Waals surface area contributed by atoms with Gasteiger partial charge < -0.3 is 140 Å². The molecule has 2 aliphatic heterocycles. The maximum Gasteiger partial charge on any atom is 0.340 e. The van der Waals surface area contributed by atoms with E-state index in [2.05, 4.69) is 79.1 Å². The molecule has 2 aromatic heterocycles. The zero-order chi connectivity index (χ0) is 109. The smallest absolute Gasteiger partial charge is 0.340 e. The molecule has 808 valence electrons. The monoisotopic (exact) mass is 2070 g/mol. The normalized spacial score (nSPS) is 13.4. The quantitative estimate of drug-likeness (QED) is 0.0115. The Kier molecular flexibility index (Phi) is 49.9. The number of nitrogens with two attached hydrogens (primary N) is 9. The molecule has 49 heteroatoms. The number of rotatable bonds is 71. The molecule has 1 spiro atoms. The minimum absolute atomic E-state index is 0.0188. The van der Waals surface area contributed by atoms with Crippen LogP contribution in [0.25, 0.3) is 10.6 Å². The molecule has 0 saturated carbocycles. The van der Waals surface area contributed by atoms with Gasteiger partial charge in [-0.05, 0) is 183 Å². The highest BCUT2D eigenvalue weighted by Gasteiger charge is 2.54. The lowest BCUT2D eigenvalue weighted by Gasteiger charge is -2.37. The molecular weight excluding hydrogens is 1920 g/mol. The van der Waals surface area contributed by atoms with Crippen LogP contribution in [-0.4, -0.2) is 240 Å². The second kappa shape index (κ2) is 61.8. The van der Waals surface area contributed by atoms with Crippen molar-refractivity contribution in [2.24, 2.45) is 75.5 Å². The third-order valence-corrected chi connectivity index (χ3v) is 26.5. The first-order chi connectivity index (χ1) is 70.5. The third kappa shape index (κ3) is 40.6. The number of Topliss-reactive ketones (excluding diaryl/α,β-unsaturated/α-hetero) is 5. The molecule has 148 heavy (non-hydrogen) atoms. The van der Waals surface area contributed by atoms with Gasteiger partial charge in [0.25, 0.3) is 11.8 Å². The van der Waals surface area contributed by atoms with Gasteiger partial charge in [0, 0.05) is 220 Å². The first-order valence-corrected chi connectivity index (χ1v) is 50.9. The van der Waals surface area contributed by atoms with Gasteiger partial charge in [0.1, 0.15) is 23.1 Å². The second-order valence-electron chi connectivity index (χ2n) is 37.4. The summed E-state index contributed by atoms with van der Waals surface area (Å²) in [5.41, 5.74) is 54.0. The predicted octanol–water partition coefficient (Wildman–Crippen LogP) is 2.71. The molecule has 48 nitrogen and oxygen atoms in total. The number of ether oxygens (including phenoxy) is 2. The van der Waals surface area contributed by atoms with Crippen LogP contribution < -0.4 is 135 Å². The van der Waals surface area contributed by atoms with Gasteiger partial charge in [-0.1, -0.05) is 25.3 Å². The molecule has 0 radical (unpaired) electrons. The van der Waals surface area contributed by atoms with Gasteiger partial charge in [-0.15, -0.1) is 11.3 Å². The molecule has 3 aromatic carbocycles. The molecule has 0 unspecified atom stereocenters. The van der Waals surface area contributed by atoms with Crippen molar-refractivity contribution in [3.63, 3.8) is 0 Å². The number of aromatic nitrogens is 2. The minimum atomic E-state index is -1.42. The van der Waals surface area contributed by atoms with E-state index in [1.165, 1.54) is 23.6 Å². The highest BCUT2D eigenvalue weighted by molar-refractivity contribution is 7.17. The van der Waals surface area contributed by atoms with Gasteiger partial charge in [-0.25, -0.2) is 14.8 Å². The number of ketones is 5. The van der Waals surface area contributed by atoms with Crippen molar-refractivity contribution < 1.29 is 71.8 Å². The fourth-order valence-corrected chi connectivity index (χ4v) is 18.4. The molecule has 0 bridgehead atoms. The van der Waals surface area contributed by atoms with E-state index in [9.17, 15) is 43.2 Å². The zero-order valence-corrected chi connectivity index (χ0v) is 85.7.